The summed E-state index contributed by atoms with van der Waals surface area (Å²) in [6, 6.07) is 3.19. The summed E-state index contributed by atoms with van der Waals surface area (Å²) >= 11 is 0. The molecular formula is C16H20F2N2O3. The SMILES string of the molecule is CN(C)CCN(CC(=O)O)C(=O)[C@@H]1C[C@H]1c1cc(F)ccc1F. The van der Waals surface area contributed by atoms with E-state index in [1.54, 1.807) is 0 Å². The van der Waals surface area contributed by atoms with Gasteiger partial charge in [0.2, 0.25) is 5.91 Å². The monoisotopic (exact) mass is 326 g/mol. The van der Waals surface area contributed by atoms with Crippen molar-refractivity contribution < 1.29 is 23.5 Å². The number of aliphatic carboxylic acids is 1. The summed E-state index contributed by atoms with van der Waals surface area (Å²) in [5.74, 6) is -3.35. The minimum absolute atomic E-state index is 0.186. The van der Waals surface area contributed by atoms with E-state index in [2.05, 4.69) is 0 Å². The third kappa shape index (κ3) is 4.48. The number of likely N-dealkylation sites (N-methyl/N-ethyl adjacent to an activating group) is 1. The first kappa shape index (κ1) is 17.3. The van der Waals surface area contributed by atoms with Gasteiger partial charge in [0.05, 0.1) is 0 Å². The van der Waals surface area contributed by atoms with Gasteiger partial charge in [-0.3, -0.25) is 9.59 Å². The number of carbonyl (C=O) groups excluding carboxylic acids is 1. The van der Waals surface area contributed by atoms with Gasteiger partial charge in [-0.2, -0.15) is 0 Å². The van der Waals surface area contributed by atoms with Crippen LogP contribution in [0.25, 0.3) is 0 Å². The highest BCUT2D eigenvalue weighted by atomic mass is 19.1. The van der Waals surface area contributed by atoms with Crippen LogP contribution in [0.15, 0.2) is 18.2 Å². The zero-order valence-electron chi connectivity index (χ0n) is 13.1. The molecule has 1 aromatic carbocycles. The van der Waals surface area contributed by atoms with Crippen molar-refractivity contribution in [2.45, 2.75) is 12.3 Å². The Morgan fingerprint density at radius 3 is 2.57 bits per heavy atom. The second kappa shape index (κ2) is 7.04. The fourth-order valence-electron chi connectivity index (χ4n) is 2.60. The summed E-state index contributed by atoms with van der Waals surface area (Å²) in [4.78, 5) is 26.5. The molecule has 2 rings (SSSR count). The molecule has 2 atom stereocenters. The lowest BCUT2D eigenvalue weighted by Crippen LogP contribution is -2.41. The molecule has 0 bridgehead atoms. The quantitative estimate of drug-likeness (QED) is 0.826. The number of hydrogen-bond acceptors (Lipinski definition) is 3. The number of benzene rings is 1. The maximum atomic E-state index is 13.8. The lowest BCUT2D eigenvalue weighted by molar-refractivity contribution is -0.145. The Hall–Kier alpha value is -2.02. The molecule has 0 spiro atoms. The van der Waals surface area contributed by atoms with Crippen LogP contribution >= 0.6 is 0 Å². The number of carboxylic acids is 1. The van der Waals surface area contributed by atoms with Gasteiger partial charge in [0.1, 0.15) is 18.2 Å². The molecule has 1 aliphatic carbocycles. The Morgan fingerprint density at radius 2 is 1.96 bits per heavy atom. The molecule has 0 saturated heterocycles. The molecule has 0 heterocycles. The van der Waals surface area contributed by atoms with Crippen molar-refractivity contribution in [2.75, 3.05) is 33.7 Å². The normalized spacial score (nSPS) is 19.7. The van der Waals surface area contributed by atoms with Crippen molar-refractivity contribution in [3.63, 3.8) is 0 Å². The molecule has 1 fully saturated rings. The van der Waals surface area contributed by atoms with E-state index in [0.717, 1.165) is 18.2 Å². The average molecular weight is 326 g/mol. The predicted octanol–water partition coefficient (Wildman–Crippen LogP) is 1.54. The van der Waals surface area contributed by atoms with Crippen LogP contribution in [0.3, 0.4) is 0 Å². The van der Waals surface area contributed by atoms with Crippen LogP contribution < -0.4 is 0 Å². The lowest BCUT2D eigenvalue weighted by Gasteiger charge is -2.23. The maximum absolute atomic E-state index is 13.8. The summed E-state index contributed by atoms with van der Waals surface area (Å²) in [6.45, 7) is 0.430. The minimum atomic E-state index is -1.09. The highest BCUT2D eigenvalue weighted by Crippen LogP contribution is 2.49. The van der Waals surface area contributed by atoms with Gasteiger partial charge in [-0.25, -0.2) is 8.78 Å². The Labute approximate surface area is 133 Å². The van der Waals surface area contributed by atoms with Gasteiger partial charge in [0.15, 0.2) is 0 Å². The van der Waals surface area contributed by atoms with Gasteiger partial charge < -0.3 is 14.9 Å². The van der Waals surface area contributed by atoms with E-state index in [1.807, 2.05) is 19.0 Å². The molecule has 1 aliphatic rings. The van der Waals surface area contributed by atoms with Crippen molar-refractivity contribution >= 4 is 11.9 Å². The molecule has 0 radical (unpaired) electrons. The van der Waals surface area contributed by atoms with Gasteiger partial charge in [0, 0.05) is 19.0 Å². The fourth-order valence-corrected chi connectivity index (χ4v) is 2.60. The van der Waals surface area contributed by atoms with Gasteiger partial charge in [-0.05, 0) is 50.2 Å². The molecule has 5 nitrogen and oxygen atoms in total. The van der Waals surface area contributed by atoms with Crippen LogP contribution in [-0.2, 0) is 9.59 Å². The van der Waals surface area contributed by atoms with Crippen LogP contribution in [0.2, 0.25) is 0 Å². The number of hydrogen-bond donors (Lipinski definition) is 1. The van der Waals surface area contributed by atoms with Gasteiger partial charge in [-0.15, -0.1) is 0 Å². The molecule has 1 aromatic rings. The average Bonchev–Trinajstić information content (AvgIpc) is 3.25. The Kier molecular flexibility index (Phi) is 5.30. The molecule has 1 N–H and O–H groups in total. The molecule has 0 aromatic heterocycles. The highest BCUT2D eigenvalue weighted by Gasteiger charge is 2.47. The highest BCUT2D eigenvalue weighted by molar-refractivity contribution is 5.86. The molecule has 0 unspecified atom stereocenters. The van der Waals surface area contributed by atoms with E-state index < -0.39 is 23.5 Å². The number of carboxylic acid groups (broad SMARTS) is 1. The fraction of sp³-hybridized carbons (Fsp3) is 0.500. The minimum Gasteiger partial charge on any atom is -0.480 e. The van der Waals surface area contributed by atoms with E-state index in [-0.39, 0.29) is 30.5 Å². The Balaban J connectivity index is 2.06. The number of nitrogens with zero attached hydrogens (tertiary/aromatic N) is 2. The van der Waals surface area contributed by atoms with E-state index in [4.69, 9.17) is 5.11 Å². The van der Waals surface area contributed by atoms with E-state index >= 15 is 0 Å². The van der Waals surface area contributed by atoms with Crippen molar-refractivity contribution in [1.82, 2.24) is 9.80 Å². The lowest BCUT2D eigenvalue weighted by atomic mass is 10.1. The first-order valence-electron chi connectivity index (χ1n) is 7.40. The molecule has 1 saturated carbocycles. The van der Waals surface area contributed by atoms with Gasteiger partial charge >= 0.3 is 5.97 Å². The maximum Gasteiger partial charge on any atom is 0.323 e. The first-order chi connectivity index (χ1) is 10.8. The van der Waals surface area contributed by atoms with Gasteiger partial charge in [-0.1, -0.05) is 0 Å². The van der Waals surface area contributed by atoms with Crippen LogP contribution in [0.1, 0.15) is 17.9 Å². The predicted molar refractivity (Wildman–Crippen MR) is 80.0 cm³/mol. The smallest absolute Gasteiger partial charge is 0.323 e. The summed E-state index contributed by atoms with van der Waals surface area (Å²) in [7, 11) is 3.65. The largest absolute Gasteiger partial charge is 0.480 e. The van der Waals surface area contributed by atoms with E-state index in [1.165, 1.54) is 4.90 Å². The van der Waals surface area contributed by atoms with Crippen LogP contribution in [0.4, 0.5) is 8.78 Å². The number of halogens is 2. The summed E-state index contributed by atoms with van der Waals surface area (Å²) < 4.78 is 27.0. The molecule has 0 aliphatic heterocycles. The first-order valence-corrected chi connectivity index (χ1v) is 7.40. The molecular weight excluding hydrogens is 306 g/mol. The summed E-state index contributed by atoms with van der Waals surface area (Å²) in [5, 5.41) is 8.95. The number of carbonyl (C=O) groups is 2. The summed E-state index contributed by atoms with van der Waals surface area (Å²) in [5.41, 5.74) is 0.186. The topological polar surface area (TPSA) is 60.9 Å². The van der Waals surface area contributed by atoms with Crippen molar-refractivity contribution in [3.05, 3.63) is 35.4 Å². The van der Waals surface area contributed by atoms with Crippen LogP contribution in [-0.4, -0.2) is 60.5 Å². The Bertz CT molecular complexity index is 607. The third-order valence-corrected chi connectivity index (χ3v) is 3.92. The second-order valence-electron chi connectivity index (χ2n) is 6.07. The van der Waals surface area contributed by atoms with Gasteiger partial charge in [0.25, 0.3) is 0 Å². The second-order valence-corrected chi connectivity index (χ2v) is 6.07. The third-order valence-electron chi connectivity index (χ3n) is 3.92. The molecule has 126 valence electrons. The summed E-state index contributed by atoms with van der Waals surface area (Å²) in [6.07, 6.45) is 0.414. The molecule has 23 heavy (non-hydrogen) atoms. The van der Waals surface area contributed by atoms with Crippen molar-refractivity contribution in [3.8, 4) is 0 Å². The molecule has 1 amide bonds. The van der Waals surface area contributed by atoms with Crippen LogP contribution in [0, 0.1) is 17.6 Å². The standard InChI is InChI=1S/C16H20F2N2O3/c1-19(2)5-6-20(9-15(21)22)16(23)13-8-11(13)12-7-10(17)3-4-14(12)18/h3-4,7,11,13H,5-6,8-9H2,1-2H3,(H,21,22)/t11-,13+/m0/s1. The van der Waals surface area contributed by atoms with Crippen molar-refractivity contribution in [2.24, 2.45) is 5.92 Å². The number of rotatable bonds is 7. The number of amides is 1. The Morgan fingerprint density at radius 1 is 1.26 bits per heavy atom. The molecule has 7 heteroatoms. The van der Waals surface area contributed by atoms with E-state index in [9.17, 15) is 18.4 Å². The van der Waals surface area contributed by atoms with Crippen LogP contribution in [0.5, 0.6) is 0 Å². The zero-order chi connectivity index (χ0) is 17.1. The zero-order valence-corrected chi connectivity index (χ0v) is 13.1. The van der Waals surface area contributed by atoms with E-state index in [0.29, 0.717) is 13.0 Å². The van der Waals surface area contributed by atoms with Crippen molar-refractivity contribution in [1.29, 1.82) is 0 Å².